The van der Waals surface area contributed by atoms with Crippen LogP contribution < -0.4 is 0 Å². The molecule has 0 radical (unpaired) electrons. The Hall–Kier alpha value is -2.92. The molecule has 0 amide bonds. The third kappa shape index (κ3) is 25.1. The number of nitrogens with zero attached hydrogens (tertiary/aromatic N) is 1. The molecule has 1 aromatic rings. The summed E-state index contributed by atoms with van der Waals surface area (Å²) in [6.07, 6.45) is 43.7. The van der Waals surface area contributed by atoms with Gasteiger partial charge < -0.3 is 9.47 Å². The molecule has 5 nitrogen and oxygen atoms in total. The minimum absolute atomic E-state index is 0.174. The molecule has 0 spiro atoms. The van der Waals surface area contributed by atoms with E-state index in [1.165, 1.54) is 82.6 Å². The molecular formula is C47H75NO4. The number of unbranched alkanes of at least 4 members (excludes halogenated alkanes) is 16. The van der Waals surface area contributed by atoms with Crippen molar-refractivity contribution in [2.24, 2.45) is 0 Å². The number of esters is 2. The molecule has 0 saturated carbocycles. The largest absolute Gasteiger partial charge is 0.457 e. The van der Waals surface area contributed by atoms with Crippen molar-refractivity contribution in [2.45, 2.75) is 187 Å². The summed E-state index contributed by atoms with van der Waals surface area (Å²) in [4.78, 5) is 27.9. The highest BCUT2D eigenvalue weighted by atomic mass is 16.6. The van der Waals surface area contributed by atoms with Gasteiger partial charge in [-0.1, -0.05) is 157 Å². The van der Waals surface area contributed by atoms with Crippen LogP contribution in [0.25, 0.3) is 0 Å². The maximum atomic E-state index is 12.9. The summed E-state index contributed by atoms with van der Waals surface area (Å²) in [5.74, 6) is -0.348. The standard InChI is InChI=1S/C47H75NO4/c1-3-5-7-9-11-13-15-17-19-21-23-25-27-29-34-38-46(49)51-44-41-48(40-43-36-32-31-33-37-43)42-45(44)52-47(50)39-35-30-28-26-24-22-20-18-16-14-12-10-8-6-4-2/h11-14,17-20,31-33,36-37,44-45H,3-10,15-16,21-30,34-35,38-42H2,1-2H3/b13-11-,14-12-,19-17-,20-18-/t44-,45-/m1/s1. The average Bonchev–Trinajstić information content (AvgIpc) is 3.51. The lowest BCUT2D eigenvalue weighted by atomic mass is 10.1. The molecule has 0 aromatic heterocycles. The van der Waals surface area contributed by atoms with E-state index in [-0.39, 0.29) is 11.9 Å². The lowest BCUT2D eigenvalue weighted by Gasteiger charge is -2.19. The number of carbonyl (C=O) groups is 2. The maximum Gasteiger partial charge on any atom is 0.306 e. The Bertz CT molecular complexity index is 1060. The monoisotopic (exact) mass is 718 g/mol. The fourth-order valence-corrected chi connectivity index (χ4v) is 6.63. The lowest BCUT2D eigenvalue weighted by molar-refractivity contribution is -0.164. The van der Waals surface area contributed by atoms with Crippen molar-refractivity contribution in [1.29, 1.82) is 0 Å². The fourth-order valence-electron chi connectivity index (χ4n) is 6.63. The number of allylic oxidation sites excluding steroid dienone is 8. The van der Waals surface area contributed by atoms with Gasteiger partial charge in [-0.2, -0.15) is 0 Å². The Labute approximate surface area is 319 Å². The topological polar surface area (TPSA) is 55.8 Å². The van der Waals surface area contributed by atoms with Crippen molar-refractivity contribution >= 4 is 11.9 Å². The highest BCUT2D eigenvalue weighted by Crippen LogP contribution is 2.22. The minimum atomic E-state index is -0.414. The smallest absolute Gasteiger partial charge is 0.306 e. The quantitative estimate of drug-likeness (QED) is 0.0422. The number of carbonyl (C=O) groups excluding carboxylic acids is 2. The molecule has 1 aliphatic heterocycles. The van der Waals surface area contributed by atoms with E-state index in [0.717, 1.165) is 70.8 Å². The second-order valence-electron chi connectivity index (χ2n) is 14.7. The van der Waals surface area contributed by atoms with Crippen LogP contribution in [-0.2, 0) is 25.6 Å². The van der Waals surface area contributed by atoms with Crippen molar-refractivity contribution in [2.75, 3.05) is 13.1 Å². The lowest BCUT2D eigenvalue weighted by Crippen LogP contribution is -2.33. The van der Waals surface area contributed by atoms with E-state index in [1.807, 2.05) is 18.2 Å². The van der Waals surface area contributed by atoms with Crippen LogP contribution in [0.5, 0.6) is 0 Å². The molecule has 0 aliphatic carbocycles. The average molecular weight is 718 g/mol. The van der Waals surface area contributed by atoms with Gasteiger partial charge in [-0.05, 0) is 82.6 Å². The summed E-state index contributed by atoms with van der Waals surface area (Å²) >= 11 is 0. The van der Waals surface area contributed by atoms with Gasteiger partial charge in [0.1, 0.15) is 0 Å². The molecular weight excluding hydrogens is 643 g/mol. The van der Waals surface area contributed by atoms with Gasteiger partial charge in [-0.25, -0.2) is 0 Å². The van der Waals surface area contributed by atoms with Gasteiger partial charge in [0.15, 0.2) is 12.2 Å². The minimum Gasteiger partial charge on any atom is -0.457 e. The highest BCUT2D eigenvalue weighted by molar-refractivity contribution is 5.70. The predicted octanol–water partition coefficient (Wildman–Crippen LogP) is 13.0. The van der Waals surface area contributed by atoms with Crippen LogP contribution in [0.4, 0.5) is 0 Å². The second-order valence-corrected chi connectivity index (χ2v) is 14.7. The fraction of sp³-hybridized carbons (Fsp3) is 0.660. The molecule has 0 bridgehead atoms. The first-order chi connectivity index (χ1) is 25.6. The van der Waals surface area contributed by atoms with Crippen LogP contribution in [0.3, 0.4) is 0 Å². The van der Waals surface area contributed by atoms with Gasteiger partial charge >= 0.3 is 11.9 Å². The molecule has 1 aliphatic rings. The molecule has 1 aromatic carbocycles. The van der Waals surface area contributed by atoms with E-state index < -0.39 is 12.2 Å². The first-order valence-electron chi connectivity index (χ1n) is 21.4. The van der Waals surface area contributed by atoms with E-state index in [0.29, 0.717) is 25.9 Å². The zero-order chi connectivity index (χ0) is 37.2. The van der Waals surface area contributed by atoms with Gasteiger partial charge in [0.25, 0.3) is 0 Å². The molecule has 5 heteroatoms. The number of likely N-dealkylation sites (tertiary alicyclic amines) is 1. The van der Waals surface area contributed by atoms with Gasteiger partial charge in [-0.3, -0.25) is 14.5 Å². The molecule has 292 valence electrons. The van der Waals surface area contributed by atoms with Crippen molar-refractivity contribution < 1.29 is 19.1 Å². The van der Waals surface area contributed by atoms with Crippen molar-refractivity contribution in [1.82, 2.24) is 4.90 Å². The van der Waals surface area contributed by atoms with Crippen molar-refractivity contribution in [3.8, 4) is 0 Å². The molecule has 1 fully saturated rings. The van der Waals surface area contributed by atoms with Gasteiger partial charge in [0, 0.05) is 32.5 Å². The third-order valence-corrected chi connectivity index (χ3v) is 9.77. The van der Waals surface area contributed by atoms with Crippen LogP contribution in [0, 0.1) is 0 Å². The zero-order valence-corrected chi connectivity index (χ0v) is 33.3. The zero-order valence-electron chi connectivity index (χ0n) is 33.3. The molecule has 0 N–H and O–H groups in total. The van der Waals surface area contributed by atoms with Gasteiger partial charge in [0.05, 0.1) is 0 Å². The number of hydrogen-bond acceptors (Lipinski definition) is 5. The van der Waals surface area contributed by atoms with Crippen LogP contribution in [0.1, 0.15) is 174 Å². The maximum absolute atomic E-state index is 12.9. The number of benzene rings is 1. The second kappa shape index (κ2) is 32.7. The Morgan fingerprint density at radius 3 is 1.35 bits per heavy atom. The van der Waals surface area contributed by atoms with Gasteiger partial charge in [0.2, 0.25) is 0 Å². The van der Waals surface area contributed by atoms with Crippen LogP contribution in [0.15, 0.2) is 78.9 Å². The molecule has 1 saturated heterocycles. The summed E-state index contributed by atoms with van der Waals surface area (Å²) in [6, 6.07) is 10.3. The molecule has 1 heterocycles. The Kier molecular flexibility index (Phi) is 28.5. The van der Waals surface area contributed by atoms with Crippen molar-refractivity contribution in [3.05, 3.63) is 84.5 Å². The first kappa shape index (κ1) is 45.2. The van der Waals surface area contributed by atoms with Crippen LogP contribution >= 0.6 is 0 Å². The van der Waals surface area contributed by atoms with Gasteiger partial charge in [-0.15, -0.1) is 0 Å². The van der Waals surface area contributed by atoms with E-state index >= 15 is 0 Å². The summed E-state index contributed by atoms with van der Waals surface area (Å²) in [7, 11) is 0. The van der Waals surface area contributed by atoms with E-state index in [1.54, 1.807) is 0 Å². The van der Waals surface area contributed by atoms with E-state index in [4.69, 9.17) is 9.47 Å². The Morgan fingerprint density at radius 2 is 0.923 bits per heavy atom. The SMILES string of the molecule is CCCCC/C=C\C/C=C\CCCCCCCC(=O)O[C@@H]1CN(Cc2ccccc2)C[C@H]1OC(=O)CCCCCCC/C=C\C/C=C\CCCCC. The molecule has 52 heavy (non-hydrogen) atoms. The summed E-state index contributed by atoms with van der Waals surface area (Å²) in [6.45, 7) is 6.41. The summed E-state index contributed by atoms with van der Waals surface area (Å²) in [5.41, 5.74) is 1.20. The normalized spacial score (nSPS) is 16.7. The molecule has 2 rings (SSSR count). The summed E-state index contributed by atoms with van der Waals surface area (Å²) in [5, 5.41) is 0. The molecule has 2 atom stereocenters. The third-order valence-electron chi connectivity index (χ3n) is 9.77. The number of hydrogen-bond donors (Lipinski definition) is 0. The van der Waals surface area contributed by atoms with Crippen molar-refractivity contribution in [3.63, 3.8) is 0 Å². The number of ether oxygens (including phenoxy) is 2. The van der Waals surface area contributed by atoms with Crippen LogP contribution in [0.2, 0.25) is 0 Å². The first-order valence-corrected chi connectivity index (χ1v) is 21.4. The number of rotatable bonds is 32. The predicted molar refractivity (Wildman–Crippen MR) is 220 cm³/mol. The Balaban J connectivity index is 1.61. The van der Waals surface area contributed by atoms with Crippen LogP contribution in [-0.4, -0.2) is 42.1 Å². The molecule has 0 unspecified atom stereocenters. The summed E-state index contributed by atoms with van der Waals surface area (Å²) < 4.78 is 11.9. The highest BCUT2D eigenvalue weighted by Gasteiger charge is 2.38. The van der Waals surface area contributed by atoms with E-state index in [9.17, 15) is 9.59 Å². The van der Waals surface area contributed by atoms with E-state index in [2.05, 4.69) is 79.5 Å². The Morgan fingerprint density at radius 1 is 0.538 bits per heavy atom.